The third-order valence-corrected chi connectivity index (χ3v) is 4.88. The number of rotatable bonds is 8. The second kappa shape index (κ2) is 9.22. The predicted molar refractivity (Wildman–Crippen MR) is 91.9 cm³/mol. The molecule has 0 saturated heterocycles. The molecule has 2 aromatic rings. The number of carbonyl (C=O) groups excluding carboxylic acids is 2. The van der Waals surface area contributed by atoms with Crippen LogP contribution in [-0.2, 0) is 15.3 Å². The van der Waals surface area contributed by atoms with Gasteiger partial charge in [0, 0.05) is 22.9 Å². The minimum atomic E-state index is -0.636. The molecule has 1 heterocycles. The Balaban J connectivity index is 1.58. The summed E-state index contributed by atoms with van der Waals surface area (Å²) in [6, 6.07) is 9.90. The van der Waals surface area contributed by atoms with E-state index in [1.807, 2.05) is 11.4 Å². The number of carbonyl (C=O) groups is 2. The van der Waals surface area contributed by atoms with Crippen LogP contribution in [-0.4, -0.2) is 35.9 Å². The lowest BCUT2D eigenvalue weighted by Gasteiger charge is -2.06. The molecular formula is C16H17NO4S2. The second-order valence-corrected chi connectivity index (χ2v) is 6.75. The van der Waals surface area contributed by atoms with E-state index < -0.39 is 5.97 Å². The van der Waals surface area contributed by atoms with Crippen LogP contribution in [0.3, 0.4) is 0 Å². The summed E-state index contributed by atoms with van der Waals surface area (Å²) in [6.07, 6.45) is 0. The number of phenolic OH excluding ortho intramolecular Hbond substituents is 1. The van der Waals surface area contributed by atoms with E-state index >= 15 is 0 Å². The number of phenols is 1. The summed E-state index contributed by atoms with van der Waals surface area (Å²) in [7, 11) is 0. The van der Waals surface area contributed by atoms with Crippen molar-refractivity contribution in [2.75, 3.05) is 18.9 Å². The third-order valence-electron chi connectivity index (χ3n) is 2.81. The van der Waals surface area contributed by atoms with Gasteiger partial charge in [0.15, 0.2) is 6.61 Å². The van der Waals surface area contributed by atoms with E-state index in [4.69, 9.17) is 4.74 Å². The first-order chi connectivity index (χ1) is 11.1. The van der Waals surface area contributed by atoms with Crippen LogP contribution in [0, 0.1) is 0 Å². The lowest BCUT2D eigenvalue weighted by molar-refractivity contribution is -0.124. The van der Waals surface area contributed by atoms with Gasteiger partial charge in [-0.3, -0.25) is 4.79 Å². The molecule has 0 aliphatic heterocycles. The van der Waals surface area contributed by atoms with Gasteiger partial charge in [0.05, 0.1) is 5.56 Å². The molecule has 7 heteroatoms. The molecule has 0 aliphatic carbocycles. The molecule has 0 radical (unpaired) electrons. The largest absolute Gasteiger partial charge is 0.508 e. The Bertz CT molecular complexity index is 643. The minimum absolute atomic E-state index is 0.0216. The van der Waals surface area contributed by atoms with Gasteiger partial charge in [0.1, 0.15) is 5.75 Å². The fourth-order valence-corrected chi connectivity index (χ4v) is 3.43. The van der Waals surface area contributed by atoms with Gasteiger partial charge < -0.3 is 15.2 Å². The highest BCUT2D eigenvalue weighted by Crippen LogP contribution is 2.16. The number of nitrogens with one attached hydrogen (secondary N) is 1. The van der Waals surface area contributed by atoms with Crippen molar-refractivity contribution >= 4 is 35.0 Å². The molecule has 0 saturated carbocycles. The van der Waals surface area contributed by atoms with Crippen molar-refractivity contribution in [1.29, 1.82) is 0 Å². The van der Waals surface area contributed by atoms with Gasteiger partial charge in [-0.05, 0) is 29.6 Å². The molecule has 122 valence electrons. The highest BCUT2D eigenvalue weighted by atomic mass is 32.2. The van der Waals surface area contributed by atoms with Gasteiger partial charge in [0.2, 0.25) is 0 Å². The van der Waals surface area contributed by atoms with Crippen LogP contribution in [0.25, 0.3) is 0 Å². The maximum atomic E-state index is 11.7. The predicted octanol–water partition coefficient (Wildman–Crippen LogP) is 2.66. The zero-order valence-corrected chi connectivity index (χ0v) is 14.0. The van der Waals surface area contributed by atoms with E-state index in [9.17, 15) is 14.7 Å². The Hall–Kier alpha value is -1.99. The lowest BCUT2D eigenvalue weighted by Crippen LogP contribution is -2.30. The number of hydrogen-bond donors (Lipinski definition) is 2. The summed E-state index contributed by atoms with van der Waals surface area (Å²) in [5.74, 6) is 0.731. The van der Waals surface area contributed by atoms with Gasteiger partial charge >= 0.3 is 5.97 Å². The monoisotopic (exact) mass is 351 g/mol. The Morgan fingerprint density at radius 3 is 2.87 bits per heavy atom. The summed E-state index contributed by atoms with van der Waals surface area (Å²) in [5, 5.41) is 14.0. The van der Waals surface area contributed by atoms with Gasteiger partial charge in [-0.25, -0.2) is 4.79 Å². The van der Waals surface area contributed by atoms with E-state index in [2.05, 4.69) is 11.4 Å². The van der Waals surface area contributed by atoms with Crippen LogP contribution in [0.15, 0.2) is 41.8 Å². The van der Waals surface area contributed by atoms with Crippen molar-refractivity contribution in [2.45, 2.75) is 5.75 Å². The molecule has 5 nitrogen and oxygen atoms in total. The third kappa shape index (κ3) is 6.33. The summed E-state index contributed by atoms with van der Waals surface area (Å²) in [6.45, 7) is 0.197. The van der Waals surface area contributed by atoms with Crippen LogP contribution in [0.2, 0.25) is 0 Å². The van der Waals surface area contributed by atoms with Crippen molar-refractivity contribution < 1.29 is 19.4 Å². The Morgan fingerprint density at radius 1 is 1.26 bits per heavy atom. The maximum Gasteiger partial charge on any atom is 0.338 e. The number of thiophene rings is 1. The van der Waals surface area contributed by atoms with Crippen molar-refractivity contribution in [2.24, 2.45) is 0 Å². The van der Waals surface area contributed by atoms with Crippen LogP contribution in [0.1, 0.15) is 15.2 Å². The molecule has 23 heavy (non-hydrogen) atoms. The number of benzene rings is 1. The van der Waals surface area contributed by atoms with E-state index in [0.717, 1.165) is 11.5 Å². The summed E-state index contributed by atoms with van der Waals surface area (Å²) in [5.41, 5.74) is 0.212. The fraction of sp³-hybridized carbons (Fsp3) is 0.250. The van der Waals surface area contributed by atoms with Gasteiger partial charge in [-0.2, -0.15) is 11.8 Å². The summed E-state index contributed by atoms with van der Waals surface area (Å²) >= 11 is 3.45. The molecular weight excluding hydrogens is 334 g/mol. The van der Waals surface area contributed by atoms with Crippen molar-refractivity contribution in [3.63, 3.8) is 0 Å². The highest BCUT2D eigenvalue weighted by Gasteiger charge is 2.10. The van der Waals surface area contributed by atoms with Crippen molar-refractivity contribution in [3.8, 4) is 5.75 Å². The van der Waals surface area contributed by atoms with E-state index in [0.29, 0.717) is 6.54 Å². The van der Waals surface area contributed by atoms with E-state index in [1.54, 1.807) is 23.1 Å². The molecule has 0 unspecified atom stereocenters. The number of thioether (sulfide) groups is 1. The standard InChI is InChI=1S/C16H17NO4S2/c18-13-4-1-3-12(9-13)16(20)21-10-15(19)17-6-8-22-11-14-5-2-7-23-14/h1-5,7,9,18H,6,8,10-11H2,(H,17,19). The van der Waals surface area contributed by atoms with Crippen molar-refractivity contribution in [1.82, 2.24) is 5.32 Å². The van der Waals surface area contributed by atoms with Crippen LogP contribution >= 0.6 is 23.1 Å². The first-order valence-electron chi connectivity index (χ1n) is 6.98. The Labute approximate surface area is 142 Å². The van der Waals surface area contributed by atoms with Crippen molar-refractivity contribution in [3.05, 3.63) is 52.2 Å². The van der Waals surface area contributed by atoms with Gasteiger partial charge in [0.25, 0.3) is 5.91 Å². The zero-order valence-electron chi connectivity index (χ0n) is 12.4. The number of aromatic hydroxyl groups is 1. The molecule has 0 spiro atoms. The molecule has 2 N–H and O–H groups in total. The Kier molecular flexibility index (Phi) is 6.96. The second-order valence-electron chi connectivity index (χ2n) is 4.61. The summed E-state index contributed by atoms with van der Waals surface area (Å²) in [4.78, 5) is 24.6. The van der Waals surface area contributed by atoms with E-state index in [-0.39, 0.29) is 23.8 Å². The number of hydrogen-bond acceptors (Lipinski definition) is 6. The first-order valence-corrected chi connectivity index (χ1v) is 9.01. The maximum absolute atomic E-state index is 11.7. The minimum Gasteiger partial charge on any atom is -0.508 e. The van der Waals surface area contributed by atoms with Crippen LogP contribution < -0.4 is 5.32 Å². The molecule has 2 rings (SSSR count). The first kappa shape index (κ1) is 17.4. The highest BCUT2D eigenvalue weighted by molar-refractivity contribution is 7.98. The molecule has 0 fully saturated rings. The topological polar surface area (TPSA) is 75.6 Å². The molecule has 0 aliphatic rings. The molecule has 0 bridgehead atoms. The SMILES string of the molecule is O=C(COC(=O)c1cccc(O)c1)NCCSCc1cccs1. The number of esters is 1. The molecule has 1 aromatic heterocycles. The fourth-order valence-electron chi connectivity index (χ4n) is 1.73. The molecule has 1 aromatic carbocycles. The normalized spacial score (nSPS) is 10.3. The molecule has 0 atom stereocenters. The quantitative estimate of drug-likeness (QED) is 0.565. The summed E-state index contributed by atoms with van der Waals surface area (Å²) < 4.78 is 4.89. The lowest BCUT2D eigenvalue weighted by atomic mass is 10.2. The smallest absolute Gasteiger partial charge is 0.338 e. The number of ether oxygens (including phenoxy) is 1. The van der Waals surface area contributed by atoms with Crippen LogP contribution in [0.4, 0.5) is 0 Å². The van der Waals surface area contributed by atoms with E-state index in [1.165, 1.54) is 29.1 Å². The van der Waals surface area contributed by atoms with Crippen LogP contribution in [0.5, 0.6) is 5.75 Å². The Morgan fingerprint density at radius 2 is 2.13 bits per heavy atom. The van der Waals surface area contributed by atoms with Gasteiger partial charge in [-0.15, -0.1) is 11.3 Å². The van der Waals surface area contributed by atoms with Gasteiger partial charge in [-0.1, -0.05) is 12.1 Å². The average Bonchev–Trinajstić information content (AvgIpc) is 3.05. The average molecular weight is 351 g/mol. The number of amides is 1. The molecule has 1 amide bonds. The zero-order chi connectivity index (χ0) is 16.5.